The maximum Gasteiger partial charge on any atom is 0.416 e. The molecule has 16 heteroatoms. The van der Waals surface area contributed by atoms with Crippen LogP contribution in [0.1, 0.15) is 37.5 Å². The van der Waals surface area contributed by atoms with Crippen LogP contribution in [0.15, 0.2) is 48.9 Å². The molecule has 0 radical (unpaired) electrons. The summed E-state index contributed by atoms with van der Waals surface area (Å²) in [6, 6.07) is 1.07. The monoisotopic (exact) mass is 625 g/mol. The van der Waals surface area contributed by atoms with Crippen LogP contribution in [0.5, 0.6) is 0 Å². The average Bonchev–Trinajstić information content (AvgIpc) is 3.45. The van der Waals surface area contributed by atoms with Crippen molar-refractivity contribution >= 4 is 26.2 Å². The number of aromatic nitrogens is 5. The predicted molar refractivity (Wildman–Crippen MR) is 146 cm³/mol. The van der Waals surface area contributed by atoms with Crippen molar-refractivity contribution in [3.8, 4) is 11.4 Å². The molecule has 1 fully saturated rings. The van der Waals surface area contributed by atoms with Crippen molar-refractivity contribution < 1.29 is 35.9 Å². The van der Waals surface area contributed by atoms with Crippen LogP contribution in [0.2, 0.25) is 24.2 Å². The minimum absolute atomic E-state index is 0.00504. The Morgan fingerprint density at radius 3 is 2.00 bits per heavy atom. The number of halogens is 6. The standard InChI is InChI=1S/C27H29F6N7O2Si/c1-25(2,3)43(4,5)7-6-39-23(41)21(40(24(39)42)13-17-11-34-15-35-12-17)14-38-16-36-22(37-38)18-8-19(26(28,29)30)10-20(9-18)27(31,32)33/h8-12,14-16H,6-7,13H2,1-5H3/b21-14-. The molecule has 1 aliphatic rings. The molecule has 0 atom stereocenters. The number of nitrogens with zero attached hydrogens (tertiary/aromatic N) is 7. The van der Waals surface area contributed by atoms with Crippen molar-refractivity contribution in [1.82, 2.24) is 34.5 Å². The quantitative estimate of drug-likeness (QED) is 0.128. The minimum atomic E-state index is -5.05. The van der Waals surface area contributed by atoms with E-state index in [9.17, 15) is 35.9 Å². The van der Waals surface area contributed by atoms with E-state index in [1.807, 2.05) is 0 Å². The number of benzene rings is 1. The van der Waals surface area contributed by atoms with Gasteiger partial charge in [-0.3, -0.25) is 14.6 Å². The highest BCUT2D eigenvalue weighted by atomic mass is 28.3. The lowest BCUT2D eigenvalue weighted by Crippen LogP contribution is -2.42. The SMILES string of the molecule is CC(C)(C)[Si](C)(C)CCN1C(=O)/C(=C/n2cnc(-c3cc(C(F)(F)F)cc(C(F)(F)F)c3)n2)N(Cc2cncnc2)C1=O. The third-order valence-electron chi connectivity index (χ3n) is 7.77. The molecule has 230 valence electrons. The summed E-state index contributed by atoms with van der Waals surface area (Å²) in [5.74, 6) is -1.07. The molecule has 0 N–H and O–H groups in total. The zero-order valence-electron chi connectivity index (χ0n) is 24.0. The zero-order chi connectivity index (χ0) is 32.0. The lowest BCUT2D eigenvalue weighted by Gasteiger charge is -2.37. The first-order chi connectivity index (χ1) is 19.8. The number of carbonyl (C=O) groups is 2. The Labute approximate surface area is 244 Å². The summed E-state index contributed by atoms with van der Waals surface area (Å²) in [6.45, 7) is 10.8. The summed E-state index contributed by atoms with van der Waals surface area (Å²) in [6.07, 6.45) is -3.67. The van der Waals surface area contributed by atoms with E-state index in [1.54, 1.807) is 0 Å². The number of alkyl halides is 6. The summed E-state index contributed by atoms with van der Waals surface area (Å²) >= 11 is 0. The Morgan fingerprint density at radius 2 is 1.47 bits per heavy atom. The van der Waals surface area contributed by atoms with Gasteiger partial charge in [-0.25, -0.2) is 24.4 Å². The van der Waals surface area contributed by atoms with Gasteiger partial charge in [0.05, 0.1) is 31.9 Å². The number of rotatable bonds is 7. The summed E-state index contributed by atoms with van der Waals surface area (Å²) in [4.78, 5) is 41.1. The maximum absolute atomic E-state index is 13.5. The molecule has 3 aromatic rings. The summed E-state index contributed by atoms with van der Waals surface area (Å²) in [5, 5.41) is 4.01. The first kappa shape index (κ1) is 31.8. The molecule has 3 amide bonds. The van der Waals surface area contributed by atoms with Gasteiger partial charge in [0.25, 0.3) is 5.91 Å². The Morgan fingerprint density at radius 1 is 0.884 bits per heavy atom. The molecule has 1 saturated heterocycles. The van der Waals surface area contributed by atoms with Crippen molar-refractivity contribution in [2.45, 2.75) is 63.8 Å². The van der Waals surface area contributed by atoms with Crippen LogP contribution in [-0.2, 0) is 23.7 Å². The third-order valence-corrected chi connectivity index (χ3v) is 13.3. The third kappa shape index (κ3) is 6.95. The number of carbonyl (C=O) groups excluding carboxylic acids is 2. The molecule has 2 aromatic heterocycles. The van der Waals surface area contributed by atoms with E-state index in [4.69, 9.17) is 0 Å². The summed E-state index contributed by atoms with van der Waals surface area (Å²) in [5.41, 5.74) is -3.15. The van der Waals surface area contributed by atoms with Gasteiger partial charge >= 0.3 is 18.4 Å². The van der Waals surface area contributed by atoms with Gasteiger partial charge < -0.3 is 0 Å². The smallest absolute Gasteiger partial charge is 0.283 e. The van der Waals surface area contributed by atoms with Gasteiger partial charge in [-0.2, -0.15) is 26.3 Å². The van der Waals surface area contributed by atoms with E-state index in [2.05, 4.69) is 53.9 Å². The Bertz CT molecular complexity index is 1510. The molecule has 0 spiro atoms. The Balaban J connectivity index is 1.71. The fourth-order valence-electron chi connectivity index (χ4n) is 4.10. The average molecular weight is 626 g/mol. The second kappa shape index (κ2) is 11.2. The molecule has 4 rings (SSSR count). The Hall–Kier alpha value is -4.08. The second-order valence-electron chi connectivity index (χ2n) is 11.8. The van der Waals surface area contributed by atoms with E-state index < -0.39 is 54.9 Å². The van der Waals surface area contributed by atoms with Crippen LogP contribution < -0.4 is 0 Å². The maximum atomic E-state index is 13.5. The van der Waals surface area contributed by atoms with E-state index in [0.29, 0.717) is 23.7 Å². The van der Waals surface area contributed by atoms with Crippen molar-refractivity contribution in [3.63, 3.8) is 0 Å². The van der Waals surface area contributed by atoms with Crippen molar-refractivity contribution in [2.24, 2.45) is 0 Å². The largest absolute Gasteiger partial charge is 0.416 e. The minimum Gasteiger partial charge on any atom is -0.283 e. The summed E-state index contributed by atoms with van der Waals surface area (Å²) < 4.78 is 81.1. The second-order valence-corrected chi connectivity index (χ2v) is 17.6. The van der Waals surface area contributed by atoms with Crippen molar-refractivity contribution in [1.29, 1.82) is 0 Å². The van der Waals surface area contributed by atoms with Gasteiger partial charge in [0.15, 0.2) is 5.82 Å². The number of urea groups is 1. The van der Waals surface area contributed by atoms with Crippen molar-refractivity contribution in [3.05, 3.63) is 65.6 Å². The first-order valence-electron chi connectivity index (χ1n) is 13.1. The topological polar surface area (TPSA) is 97.1 Å². The number of amides is 3. The van der Waals surface area contributed by atoms with E-state index in [-0.39, 0.29) is 29.9 Å². The molecule has 0 unspecified atom stereocenters. The molecule has 9 nitrogen and oxygen atoms in total. The summed E-state index contributed by atoms with van der Waals surface area (Å²) in [7, 11) is -1.89. The molecule has 3 heterocycles. The Kier molecular flexibility index (Phi) is 8.30. The van der Waals surface area contributed by atoms with Crippen molar-refractivity contribution in [2.75, 3.05) is 6.54 Å². The van der Waals surface area contributed by atoms with Gasteiger partial charge in [0.1, 0.15) is 18.4 Å². The highest BCUT2D eigenvalue weighted by molar-refractivity contribution is 6.80. The molecular formula is C27H29F6N7O2Si. The van der Waals surface area contributed by atoms with Crippen LogP contribution >= 0.6 is 0 Å². The lowest BCUT2D eigenvalue weighted by atomic mass is 10.0. The van der Waals surface area contributed by atoms with Gasteiger partial charge in [0.2, 0.25) is 0 Å². The van der Waals surface area contributed by atoms with E-state index in [0.717, 1.165) is 22.1 Å². The van der Waals surface area contributed by atoms with E-state index in [1.165, 1.54) is 23.6 Å². The van der Waals surface area contributed by atoms with Gasteiger partial charge in [-0.1, -0.05) is 33.9 Å². The predicted octanol–water partition coefficient (Wildman–Crippen LogP) is 6.54. The number of hydrogen-bond donors (Lipinski definition) is 0. The molecule has 43 heavy (non-hydrogen) atoms. The highest BCUT2D eigenvalue weighted by Gasteiger charge is 2.43. The van der Waals surface area contributed by atoms with Crippen LogP contribution in [0.3, 0.4) is 0 Å². The lowest BCUT2D eigenvalue weighted by molar-refractivity contribution is -0.143. The van der Waals surface area contributed by atoms with Crippen LogP contribution in [-0.4, -0.2) is 61.1 Å². The number of imide groups is 1. The zero-order valence-corrected chi connectivity index (χ0v) is 25.0. The molecule has 1 aromatic carbocycles. The fraction of sp³-hybridized carbons (Fsp3) is 0.407. The van der Waals surface area contributed by atoms with E-state index >= 15 is 0 Å². The molecule has 1 aliphatic heterocycles. The van der Waals surface area contributed by atoms with Gasteiger partial charge in [-0.05, 0) is 29.3 Å². The van der Waals surface area contributed by atoms with Crippen LogP contribution in [0.25, 0.3) is 17.6 Å². The molecule has 0 saturated carbocycles. The first-order valence-corrected chi connectivity index (χ1v) is 16.3. The van der Waals surface area contributed by atoms with Crippen LogP contribution in [0.4, 0.5) is 31.1 Å². The molecule has 0 aliphatic carbocycles. The van der Waals surface area contributed by atoms with Gasteiger partial charge in [0, 0.05) is 30.1 Å². The normalized spacial score (nSPS) is 16.1. The van der Waals surface area contributed by atoms with Gasteiger partial charge in [-0.15, -0.1) is 5.10 Å². The fourth-order valence-corrected chi connectivity index (χ4v) is 5.64. The molecular weight excluding hydrogens is 596 g/mol. The highest BCUT2D eigenvalue weighted by Crippen LogP contribution is 2.40. The molecule has 0 bridgehead atoms. The number of hydrogen-bond acceptors (Lipinski definition) is 6. The van der Waals surface area contributed by atoms with Crippen LogP contribution in [0, 0.1) is 0 Å².